The molecule has 0 aliphatic carbocycles. The van der Waals surface area contributed by atoms with Crippen molar-refractivity contribution in [2.24, 2.45) is 5.84 Å². The average molecular weight is 202 g/mol. The van der Waals surface area contributed by atoms with Gasteiger partial charge in [-0.3, -0.25) is 11.3 Å². The quantitative estimate of drug-likeness (QED) is 0.524. The van der Waals surface area contributed by atoms with Crippen molar-refractivity contribution in [1.29, 1.82) is 0 Å². The average Bonchev–Trinajstić information content (AvgIpc) is 1.96. The first-order valence-corrected chi connectivity index (χ1v) is 4.91. The van der Waals surface area contributed by atoms with E-state index in [-0.39, 0.29) is 12.5 Å². The third-order valence-corrected chi connectivity index (χ3v) is 2.12. The van der Waals surface area contributed by atoms with Crippen LogP contribution in [0.25, 0.3) is 0 Å². The Balaban J connectivity index is 3.58. The molecule has 1 atom stereocenters. The zero-order chi connectivity index (χ0) is 9.61. The summed E-state index contributed by atoms with van der Waals surface area (Å²) in [6.45, 7) is 0. The molecule has 0 aromatic rings. The van der Waals surface area contributed by atoms with Crippen LogP contribution >= 0.6 is 11.8 Å². The number of thioether (sulfide) groups is 1. The molecule has 0 aromatic heterocycles. The summed E-state index contributed by atoms with van der Waals surface area (Å²) in [5.74, 6) is 5.66. The molecule has 0 aliphatic heterocycles. The summed E-state index contributed by atoms with van der Waals surface area (Å²) in [5, 5.41) is 0. The van der Waals surface area contributed by atoms with Gasteiger partial charge in [0.05, 0.1) is 0 Å². The van der Waals surface area contributed by atoms with Crippen LogP contribution in [0.5, 0.6) is 0 Å². The first-order valence-electron chi connectivity index (χ1n) is 3.51. The summed E-state index contributed by atoms with van der Waals surface area (Å²) in [7, 11) is 0. The molecule has 0 aliphatic rings. The molecule has 1 unspecified atom stereocenters. The highest BCUT2D eigenvalue weighted by atomic mass is 32.2. The minimum absolute atomic E-state index is 0.0425. The Morgan fingerprint density at radius 2 is 2.08 bits per heavy atom. The topological polar surface area (TPSA) is 38.0 Å². The molecule has 0 radical (unpaired) electrons. The van der Waals surface area contributed by atoms with Crippen molar-refractivity contribution in [3.05, 3.63) is 0 Å². The summed E-state index contributed by atoms with van der Waals surface area (Å²) in [6.07, 6.45) is -2.98. The third kappa shape index (κ3) is 6.75. The van der Waals surface area contributed by atoms with Crippen LogP contribution in [-0.4, -0.2) is 24.2 Å². The minimum atomic E-state index is -4.08. The van der Waals surface area contributed by atoms with Gasteiger partial charge in [0.1, 0.15) is 0 Å². The molecule has 0 saturated carbocycles. The van der Waals surface area contributed by atoms with Gasteiger partial charge in [0.25, 0.3) is 0 Å². The van der Waals surface area contributed by atoms with E-state index in [2.05, 4.69) is 5.43 Å². The number of hydrogen-bond donors (Lipinski definition) is 2. The van der Waals surface area contributed by atoms with Crippen LogP contribution in [0, 0.1) is 0 Å². The molecule has 2 nitrogen and oxygen atoms in total. The molecule has 0 saturated heterocycles. The Morgan fingerprint density at radius 1 is 1.50 bits per heavy atom. The molecule has 12 heavy (non-hydrogen) atoms. The highest BCUT2D eigenvalue weighted by Gasteiger charge is 2.27. The Bertz CT molecular complexity index is 118. The van der Waals surface area contributed by atoms with E-state index >= 15 is 0 Å². The first-order chi connectivity index (χ1) is 5.49. The van der Waals surface area contributed by atoms with Crippen molar-refractivity contribution in [2.75, 3.05) is 12.0 Å². The zero-order valence-corrected chi connectivity index (χ0v) is 7.63. The van der Waals surface area contributed by atoms with Gasteiger partial charge in [-0.25, -0.2) is 0 Å². The SMILES string of the molecule is CSCC(CCC(F)(F)F)NN. The molecular formula is C6H13F3N2S. The number of nitrogens with two attached hydrogens (primary N) is 1. The predicted octanol–water partition coefficient (Wildman–Crippen LogP) is 1.52. The summed E-state index contributed by atoms with van der Waals surface area (Å²) < 4.78 is 35.2. The van der Waals surface area contributed by atoms with Gasteiger partial charge in [-0.05, 0) is 12.7 Å². The van der Waals surface area contributed by atoms with Crippen molar-refractivity contribution in [1.82, 2.24) is 5.43 Å². The normalized spacial score (nSPS) is 14.8. The number of halogens is 3. The van der Waals surface area contributed by atoms with E-state index in [9.17, 15) is 13.2 Å². The maximum Gasteiger partial charge on any atom is 0.389 e. The molecule has 0 fully saturated rings. The number of hydrazine groups is 1. The van der Waals surface area contributed by atoms with E-state index < -0.39 is 12.6 Å². The fraction of sp³-hybridized carbons (Fsp3) is 1.00. The number of hydrogen-bond acceptors (Lipinski definition) is 3. The van der Waals surface area contributed by atoms with Gasteiger partial charge in [-0.1, -0.05) is 0 Å². The summed E-state index contributed by atoms with van der Waals surface area (Å²) >= 11 is 1.48. The Morgan fingerprint density at radius 3 is 2.42 bits per heavy atom. The lowest BCUT2D eigenvalue weighted by Crippen LogP contribution is -2.37. The predicted molar refractivity (Wildman–Crippen MR) is 44.8 cm³/mol. The van der Waals surface area contributed by atoms with Gasteiger partial charge in [-0.15, -0.1) is 0 Å². The second-order valence-electron chi connectivity index (χ2n) is 2.47. The second kappa shape index (κ2) is 5.66. The Hall–Kier alpha value is 0.0600. The van der Waals surface area contributed by atoms with Gasteiger partial charge in [0.2, 0.25) is 0 Å². The summed E-state index contributed by atoms with van der Waals surface area (Å²) in [6, 6.07) is -0.248. The van der Waals surface area contributed by atoms with E-state index in [1.165, 1.54) is 11.8 Å². The smallest absolute Gasteiger partial charge is 0.271 e. The minimum Gasteiger partial charge on any atom is -0.271 e. The number of rotatable bonds is 5. The lowest BCUT2D eigenvalue weighted by molar-refractivity contribution is -0.136. The van der Waals surface area contributed by atoms with E-state index in [4.69, 9.17) is 5.84 Å². The van der Waals surface area contributed by atoms with Crippen LogP contribution in [0.4, 0.5) is 13.2 Å². The van der Waals surface area contributed by atoms with Gasteiger partial charge in [0, 0.05) is 18.2 Å². The van der Waals surface area contributed by atoms with E-state index in [0.717, 1.165) is 0 Å². The Labute approximate surface area is 74.0 Å². The van der Waals surface area contributed by atoms with Crippen LogP contribution in [0.15, 0.2) is 0 Å². The maximum atomic E-state index is 11.7. The molecule has 0 rings (SSSR count). The van der Waals surface area contributed by atoms with Crippen molar-refractivity contribution in [2.45, 2.75) is 25.1 Å². The maximum absolute atomic E-state index is 11.7. The summed E-state index contributed by atoms with van der Waals surface area (Å²) in [4.78, 5) is 0. The molecule has 0 amide bonds. The molecule has 3 N–H and O–H groups in total. The van der Waals surface area contributed by atoms with Crippen molar-refractivity contribution in [3.63, 3.8) is 0 Å². The van der Waals surface area contributed by atoms with E-state index in [0.29, 0.717) is 5.75 Å². The molecule has 74 valence electrons. The molecule has 0 spiro atoms. The molecule has 0 aromatic carbocycles. The molecule has 0 heterocycles. The highest BCUT2D eigenvalue weighted by molar-refractivity contribution is 7.98. The molecule has 0 bridgehead atoms. The Kier molecular flexibility index (Phi) is 5.69. The molecule has 6 heteroatoms. The van der Waals surface area contributed by atoms with Crippen molar-refractivity contribution >= 4 is 11.8 Å². The first kappa shape index (κ1) is 12.1. The number of alkyl halides is 3. The van der Waals surface area contributed by atoms with Crippen LogP contribution in [0.2, 0.25) is 0 Å². The summed E-state index contributed by atoms with van der Waals surface area (Å²) in [5.41, 5.74) is 2.35. The van der Waals surface area contributed by atoms with E-state index in [1.807, 2.05) is 6.26 Å². The highest BCUT2D eigenvalue weighted by Crippen LogP contribution is 2.22. The van der Waals surface area contributed by atoms with Crippen LogP contribution in [0.1, 0.15) is 12.8 Å². The van der Waals surface area contributed by atoms with Crippen LogP contribution in [-0.2, 0) is 0 Å². The van der Waals surface area contributed by atoms with Crippen LogP contribution < -0.4 is 11.3 Å². The monoisotopic (exact) mass is 202 g/mol. The fourth-order valence-corrected chi connectivity index (χ4v) is 1.42. The van der Waals surface area contributed by atoms with Crippen molar-refractivity contribution < 1.29 is 13.2 Å². The van der Waals surface area contributed by atoms with Gasteiger partial charge >= 0.3 is 6.18 Å². The lowest BCUT2D eigenvalue weighted by Gasteiger charge is -2.15. The molecular weight excluding hydrogens is 189 g/mol. The van der Waals surface area contributed by atoms with Crippen molar-refractivity contribution in [3.8, 4) is 0 Å². The standard InChI is InChI=1S/C6H13F3N2S/c1-12-4-5(11-10)2-3-6(7,8)9/h5,11H,2-4,10H2,1H3. The van der Waals surface area contributed by atoms with Gasteiger partial charge in [-0.2, -0.15) is 24.9 Å². The number of nitrogens with one attached hydrogen (secondary N) is 1. The van der Waals surface area contributed by atoms with Crippen LogP contribution in [0.3, 0.4) is 0 Å². The van der Waals surface area contributed by atoms with Gasteiger partial charge < -0.3 is 0 Å². The zero-order valence-electron chi connectivity index (χ0n) is 6.82. The van der Waals surface area contributed by atoms with E-state index in [1.54, 1.807) is 0 Å². The third-order valence-electron chi connectivity index (χ3n) is 1.38. The largest absolute Gasteiger partial charge is 0.389 e. The second-order valence-corrected chi connectivity index (χ2v) is 3.38. The van der Waals surface area contributed by atoms with Gasteiger partial charge in [0.15, 0.2) is 0 Å². The fourth-order valence-electron chi connectivity index (χ4n) is 0.754. The lowest BCUT2D eigenvalue weighted by atomic mass is 10.2.